The standard InChI is InChI=1S/C10H10ClF3N2O/c11-4-3-9(17)16-8-5-6(10(12,13)14)1-2-7(8)15/h1-2,5H,3-4,15H2,(H,16,17). The number of carbonyl (C=O) groups excluding carboxylic acids is 1. The summed E-state index contributed by atoms with van der Waals surface area (Å²) in [4.78, 5) is 11.2. The monoisotopic (exact) mass is 266 g/mol. The van der Waals surface area contributed by atoms with Gasteiger partial charge in [-0.05, 0) is 18.2 Å². The Kier molecular flexibility index (Phi) is 4.22. The van der Waals surface area contributed by atoms with E-state index in [1.54, 1.807) is 0 Å². The summed E-state index contributed by atoms with van der Waals surface area (Å²) in [5, 5.41) is 2.28. The maximum atomic E-state index is 12.4. The largest absolute Gasteiger partial charge is 0.416 e. The molecule has 0 spiro atoms. The van der Waals surface area contributed by atoms with Gasteiger partial charge in [0.25, 0.3) is 0 Å². The fourth-order valence-electron chi connectivity index (χ4n) is 1.14. The fourth-order valence-corrected chi connectivity index (χ4v) is 1.31. The zero-order valence-corrected chi connectivity index (χ0v) is 9.40. The second kappa shape index (κ2) is 5.27. The second-order valence-corrected chi connectivity index (χ2v) is 3.66. The summed E-state index contributed by atoms with van der Waals surface area (Å²) in [5.41, 5.74) is 4.60. The molecule has 0 bridgehead atoms. The van der Waals surface area contributed by atoms with E-state index in [0.29, 0.717) is 0 Å². The van der Waals surface area contributed by atoms with Crippen LogP contribution in [0.1, 0.15) is 12.0 Å². The van der Waals surface area contributed by atoms with Crippen molar-refractivity contribution in [3.8, 4) is 0 Å². The third-order valence-electron chi connectivity index (χ3n) is 1.98. The molecule has 0 saturated heterocycles. The highest BCUT2D eigenvalue weighted by molar-refractivity contribution is 6.19. The van der Waals surface area contributed by atoms with Crippen molar-refractivity contribution in [2.24, 2.45) is 0 Å². The first-order chi connectivity index (χ1) is 7.84. The van der Waals surface area contributed by atoms with Gasteiger partial charge in [0.15, 0.2) is 0 Å². The van der Waals surface area contributed by atoms with Gasteiger partial charge in [0.1, 0.15) is 0 Å². The number of benzene rings is 1. The van der Waals surface area contributed by atoms with Gasteiger partial charge in [0.05, 0.1) is 16.9 Å². The number of alkyl halides is 4. The van der Waals surface area contributed by atoms with Crippen LogP contribution in [0.2, 0.25) is 0 Å². The molecule has 1 amide bonds. The summed E-state index contributed by atoms with van der Waals surface area (Å²) in [6.07, 6.45) is -4.46. The molecule has 17 heavy (non-hydrogen) atoms. The van der Waals surface area contributed by atoms with E-state index in [4.69, 9.17) is 17.3 Å². The average molecular weight is 267 g/mol. The van der Waals surface area contributed by atoms with E-state index in [0.717, 1.165) is 18.2 Å². The Balaban J connectivity index is 2.95. The minimum absolute atomic E-state index is 0.0112. The molecule has 0 aliphatic carbocycles. The predicted molar refractivity (Wildman–Crippen MR) is 59.8 cm³/mol. The maximum absolute atomic E-state index is 12.4. The number of rotatable bonds is 3. The lowest BCUT2D eigenvalue weighted by molar-refractivity contribution is -0.137. The molecule has 0 aliphatic rings. The van der Waals surface area contributed by atoms with Gasteiger partial charge in [-0.2, -0.15) is 13.2 Å². The zero-order valence-electron chi connectivity index (χ0n) is 8.64. The number of hydrogen-bond donors (Lipinski definition) is 2. The first-order valence-electron chi connectivity index (χ1n) is 4.67. The molecule has 1 aromatic rings. The molecule has 3 N–H and O–H groups in total. The van der Waals surface area contributed by atoms with Crippen LogP contribution in [-0.4, -0.2) is 11.8 Å². The molecule has 1 aromatic carbocycles. The van der Waals surface area contributed by atoms with Gasteiger partial charge in [-0.15, -0.1) is 11.6 Å². The van der Waals surface area contributed by atoms with Crippen molar-refractivity contribution < 1.29 is 18.0 Å². The lowest BCUT2D eigenvalue weighted by Gasteiger charge is -2.11. The number of nitrogen functional groups attached to an aromatic ring is 1. The van der Waals surface area contributed by atoms with Crippen molar-refractivity contribution in [2.45, 2.75) is 12.6 Å². The molecule has 1 rings (SSSR count). The van der Waals surface area contributed by atoms with Crippen molar-refractivity contribution in [2.75, 3.05) is 16.9 Å². The Morgan fingerprint density at radius 3 is 2.59 bits per heavy atom. The van der Waals surface area contributed by atoms with Gasteiger partial charge >= 0.3 is 6.18 Å². The highest BCUT2D eigenvalue weighted by Crippen LogP contribution is 2.33. The van der Waals surface area contributed by atoms with Crippen LogP contribution >= 0.6 is 11.6 Å². The lowest BCUT2D eigenvalue weighted by Crippen LogP contribution is -2.14. The summed E-state index contributed by atoms with van der Waals surface area (Å²) >= 11 is 5.33. The van der Waals surface area contributed by atoms with Crippen molar-refractivity contribution >= 4 is 28.9 Å². The predicted octanol–water partition coefficient (Wildman–Crippen LogP) is 2.86. The van der Waals surface area contributed by atoms with Crippen LogP contribution in [0.25, 0.3) is 0 Å². The molecule has 3 nitrogen and oxygen atoms in total. The molecule has 94 valence electrons. The third kappa shape index (κ3) is 3.81. The van der Waals surface area contributed by atoms with Crippen LogP contribution in [0.5, 0.6) is 0 Å². The Bertz CT molecular complexity index is 421. The molecule has 7 heteroatoms. The Morgan fingerprint density at radius 2 is 2.06 bits per heavy atom. The summed E-state index contributed by atoms with van der Waals surface area (Å²) < 4.78 is 37.2. The number of nitrogens with one attached hydrogen (secondary N) is 1. The van der Waals surface area contributed by atoms with E-state index in [2.05, 4.69) is 5.32 Å². The van der Waals surface area contributed by atoms with Gasteiger partial charge in [0, 0.05) is 12.3 Å². The smallest absolute Gasteiger partial charge is 0.397 e. The highest BCUT2D eigenvalue weighted by atomic mass is 35.5. The molecule has 0 radical (unpaired) electrons. The first-order valence-corrected chi connectivity index (χ1v) is 5.20. The Labute approximate surface area is 101 Å². The van der Waals surface area contributed by atoms with E-state index in [9.17, 15) is 18.0 Å². The summed E-state index contributed by atoms with van der Waals surface area (Å²) in [5.74, 6) is -0.393. The second-order valence-electron chi connectivity index (χ2n) is 3.29. The van der Waals surface area contributed by atoms with E-state index in [-0.39, 0.29) is 23.7 Å². The third-order valence-corrected chi connectivity index (χ3v) is 2.17. The Morgan fingerprint density at radius 1 is 1.41 bits per heavy atom. The number of anilines is 2. The summed E-state index contributed by atoms with van der Waals surface area (Å²) in [7, 11) is 0. The van der Waals surface area contributed by atoms with Crippen LogP contribution in [0.15, 0.2) is 18.2 Å². The molecule has 0 aromatic heterocycles. The number of amides is 1. The topological polar surface area (TPSA) is 55.1 Å². The zero-order chi connectivity index (χ0) is 13.1. The first kappa shape index (κ1) is 13.6. The Hall–Kier alpha value is -1.43. The quantitative estimate of drug-likeness (QED) is 0.653. The SMILES string of the molecule is Nc1ccc(C(F)(F)F)cc1NC(=O)CCCl. The molecule has 0 heterocycles. The van der Waals surface area contributed by atoms with Crippen LogP contribution in [0, 0.1) is 0 Å². The molecule has 0 atom stereocenters. The molecule has 0 saturated carbocycles. The van der Waals surface area contributed by atoms with Crippen molar-refractivity contribution in [3.05, 3.63) is 23.8 Å². The van der Waals surface area contributed by atoms with Gasteiger partial charge in [-0.1, -0.05) is 0 Å². The summed E-state index contributed by atoms with van der Waals surface area (Å²) in [6.45, 7) is 0. The van der Waals surface area contributed by atoms with Gasteiger partial charge in [0.2, 0.25) is 5.91 Å². The highest BCUT2D eigenvalue weighted by Gasteiger charge is 2.31. The van der Waals surface area contributed by atoms with Gasteiger partial charge in [-0.3, -0.25) is 4.79 Å². The number of nitrogens with two attached hydrogens (primary N) is 1. The molecule has 0 fully saturated rings. The van der Waals surface area contributed by atoms with E-state index in [1.807, 2.05) is 0 Å². The maximum Gasteiger partial charge on any atom is 0.416 e. The van der Waals surface area contributed by atoms with Gasteiger partial charge in [-0.25, -0.2) is 0 Å². The van der Waals surface area contributed by atoms with Crippen LogP contribution in [0.3, 0.4) is 0 Å². The van der Waals surface area contributed by atoms with E-state index >= 15 is 0 Å². The number of hydrogen-bond acceptors (Lipinski definition) is 2. The molecule has 0 unspecified atom stereocenters. The van der Waals surface area contributed by atoms with Crippen LogP contribution < -0.4 is 11.1 Å². The van der Waals surface area contributed by atoms with Crippen LogP contribution in [0.4, 0.5) is 24.5 Å². The van der Waals surface area contributed by atoms with Gasteiger partial charge < -0.3 is 11.1 Å². The fraction of sp³-hybridized carbons (Fsp3) is 0.300. The summed E-state index contributed by atoms with van der Waals surface area (Å²) in [6, 6.07) is 2.74. The molecular weight excluding hydrogens is 257 g/mol. The lowest BCUT2D eigenvalue weighted by atomic mass is 10.1. The average Bonchev–Trinajstić information content (AvgIpc) is 2.20. The van der Waals surface area contributed by atoms with Crippen molar-refractivity contribution in [1.82, 2.24) is 0 Å². The van der Waals surface area contributed by atoms with E-state index in [1.165, 1.54) is 0 Å². The number of carbonyl (C=O) groups is 1. The van der Waals surface area contributed by atoms with Crippen molar-refractivity contribution in [3.63, 3.8) is 0 Å². The van der Waals surface area contributed by atoms with E-state index < -0.39 is 17.6 Å². The normalized spacial score (nSPS) is 11.3. The minimum atomic E-state index is -4.47. The van der Waals surface area contributed by atoms with Crippen LogP contribution in [-0.2, 0) is 11.0 Å². The molecule has 0 aliphatic heterocycles. The van der Waals surface area contributed by atoms with Crippen molar-refractivity contribution in [1.29, 1.82) is 0 Å². The molecular formula is C10H10ClF3N2O. The number of halogens is 4. The minimum Gasteiger partial charge on any atom is -0.397 e.